The van der Waals surface area contributed by atoms with Gasteiger partial charge in [-0.1, -0.05) is 18.2 Å². The number of nitrogens with zero attached hydrogens (tertiary/aromatic N) is 2. The number of ether oxygens (including phenoxy) is 2. The van der Waals surface area contributed by atoms with Crippen molar-refractivity contribution in [1.29, 1.82) is 0 Å². The van der Waals surface area contributed by atoms with Gasteiger partial charge in [0.1, 0.15) is 11.8 Å². The second-order valence-corrected chi connectivity index (χ2v) is 7.74. The summed E-state index contributed by atoms with van der Waals surface area (Å²) in [5, 5.41) is 10.6. The molecule has 1 amide bonds. The van der Waals surface area contributed by atoms with Gasteiger partial charge >= 0.3 is 0 Å². The minimum absolute atomic E-state index is 0.0326. The fourth-order valence-corrected chi connectivity index (χ4v) is 4.39. The monoisotopic (exact) mass is 382 g/mol. The highest BCUT2D eigenvalue weighted by atomic mass is 16.5. The zero-order valence-corrected chi connectivity index (χ0v) is 16.2. The van der Waals surface area contributed by atoms with Crippen LogP contribution in [-0.2, 0) is 0 Å². The van der Waals surface area contributed by atoms with E-state index in [4.69, 9.17) is 9.47 Å². The SMILES string of the molecule is COc1ccccc1O[C@@H]1C[C@@H]2CN(C(=O)c3cccc(C)n3)C[C@@H]2C[C@H]1O. The number of amides is 1. The molecule has 28 heavy (non-hydrogen) atoms. The average Bonchev–Trinajstić information content (AvgIpc) is 3.10. The zero-order chi connectivity index (χ0) is 19.7. The molecule has 0 unspecified atom stereocenters. The first kappa shape index (κ1) is 18.7. The number of aliphatic hydroxyl groups excluding tert-OH is 1. The van der Waals surface area contributed by atoms with Gasteiger partial charge in [-0.2, -0.15) is 0 Å². The number of aliphatic hydroxyl groups is 1. The number of rotatable bonds is 4. The molecule has 1 aliphatic heterocycles. The molecule has 4 rings (SSSR count). The summed E-state index contributed by atoms with van der Waals surface area (Å²) in [5.41, 5.74) is 1.32. The summed E-state index contributed by atoms with van der Waals surface area (Å²) in [6, 6.07) is 13.0. The van der Waals surface area contributed by atoms with E-state index in [2.05, 4.69) is 4.98 Å². The number of carbonyl (C=O) groups is 1. The number of aromatic nitrogens is 1. The van der Waals surface area contributed by atoms with Crippen molar-refractivity contribution in [2.75, 3.05) is 20.2 Å². The highest BCUT2D eigenvalue weighted by Crippen LogP contribution is 2.39. The molecular formula is C22H26N2O4. The molecule has 2 fully saturated rings. The Balaban J connectivity index is 1.44. The second kappa shape index (κ2) is 7.80. The normalized spacial score (nSPS) is 26.6. The van der Waals surface area contributed by atoms with Crippen LogP contribution in [0.2, 0.25) is 0 Å². The lowest BCUT2D eigenvalue weighted by Crippen LogP contribution is -2.42. The van der Waals surface area contributed by atoms with Crippen LogP contribution in [0.4, 0.5) is 0 Å². The number of carbonyl (C=O) groups excluding carboxylic acids is 1. The Morgan fingerprint density at radius 1 is 1.07 bits per heavy atom. The summed E-state index contributed by atoms with van der Waals surface area (Å²) in [5.74, 6) is 1.88. The smallest absolute Gasteiger partial charge is 0.272 e. The van der Waals surface area contributed by atoms with Gasteiger partial charge in [-0.05, 0) is 55.9 Å². The third-order valence-electron chi connectivity index (χ3n) is 5.83. The summed E-state index contributed by atoms with van der Waals surface area (Å²) in [6.45, 7) is 3.23. The van der Waals surface area contributed by atoms with Crippen LogP contribution >= 0.6 is 0 Å². The molecule has 2 heterocycles. The number of hydrogen-bond acceptors (Lipinski definition) is 5. The zero-order valence-electron chi connectivity index (χ0n) is 16.2. The average molecular weight is 382 g/mol. The summed E-state index contributed by atoms with van der Waals surface area (Å²) in [4.78, 5) is 19.1. The van der Waals surface area contributed by atoms with Crippen LogP contribution in [0.25, 0.3) is 0 Å². The molecular weight excluding hydrogens is 356 g/mol. The van der Waals surface area contributed by atoms with Crippen molar-refractivity contribution in [2.45, 2.75) is 32.0 Å². The molecule has 0 radical (unpaired) electrons. The standard InChI is InChI=1S/C22H26N2O4/c1-14-6-5-7-17(23-14)22(26)24-12-15-10-18(25)21(11-16(15)13-24)28-20-9-4-3-8-19(20)27-2/h3-9,15-16,18,21,25H,10-13H2,1-2H3/t15-,16+,18+,21+/m0/s1. The Labute approximate surface area is 165 Å². The molecule has 148 valence electrons. The topological polar surface area (TPSA) is 71.9 Å². The van der Waals surface area contributed by atoms with E-state index in [0.717, 1.165) is 12.1 Å². The molecule has 1 aromatic carbocycles. The maximum atomic E-state index is 12.8. The Morgan fingerprint density at radius 3 is 2.50 bits per heavy atom. The maximum Gasteiger partial charge on any atom is 0.272 e. The molecule has 1 aliphatic carbocycles. The first-order valence-electron chi connectivity index (χ1n) is 9.76. The van der Waals surface area contributed by atoms with E-state index in [9.17, 15) is 9.90 Å². The molecule has 1 saturated heterocycles. The highest BCUT2D eigenvalue weighted by molar-refractivity contribution is 5.92. The van der Waals surface area contributed by atoms with E-state index >= 15 is 0 Å². The molecule has 2 aliphatic rings. The molecule has 1 saturated carbocycles. The van der Waals surface area contributed by atoms with Crippen molar-refractivity contribution in [3.05, 3.63) is 53.9 Å². The molecule has 4 atom stereocenters. The van der Waals surface area contributed by atoms with Gasteiger partial charge in [0.25, 0.3) is 5.91 Å². The fourth-order valence-electron chi connectivity index (χ4n) is 4.39. The summed E-state index contributed by atoms with van der Waals surface area (Å²) in [6.07, 6.45) is 0.493. The lowest BCUT2D eigenvalue weighted by atomic mass is 9.78. The summed E-state index contributed by atoms with van der Waals surface area (Å²) in [7, 11) is 1.61. The molecule has 1 aromatic heterocycles. The minimum Gasteiger partial charge on any atom is -0.493 e. The van der Waals surface area contributed by atoms with Crippen molar-refractivity contribution in [2.24, 2.45) is 11.8 Å². The van der Waals surface area contributed by atoms with E-state index < -0.39 is 6.10 Å². The van der Waals surface area contributed by atoms with Crippen LogP contribution < -0.4 is 9.47 Å². The van der Waals surface area contributed by atoms with Gasteiger partial charge in [-0.3, -0.25) is 4.79 Å². The Hall–Kier alpha value is -2.60. The van der Waals surface area contributed by atoms with E-state index in [1.807, 2.05) is 48.2 Å². The van der Waals surface area contributed by atoms with Gasteiger partial charge in [0.2, 0.25) is 0 Å². The number of aryl methyl sites for hydroxylation is 1. The molecule has 2 aromatic rings. The highest BCUT2D eigenvalue weighted by Gasteiger charge is 2.44. The number of fused-ring (bicyclic) bond motifs is 1. The van der Waals surface area contributed by atoms with Crippen molar-refractivity contribution in [1.82, 2.24) is 9.88 Å². The van der Waals surface area contributed by atoms with Crippen LogP contribution in [0, 0.1) is 18.8 Å². The van der Waals surface area contributed by atoms with Crippen LogP contribution in [0.15, 0.2) is 42.5 Å². The largest absolute Gasteiger partial charge is 0.493 e. The maximum absolute atomic E-state index is 12.8. The number of pyridine rings is 1. The van der Waals surface area contributed by atoms with Crippen LogP contribution in [-0.4, -0.2) is 53.3 Å². The molecule has 0 spiro atoms. The molecule has 1 N–H and O–H groups in total. The first-order chi connectivity index (χ1) is 13.5. The summed E-state index contributed by atoms with van der Waals surface area (Å²) >= 11 is 0. The molecule has 0 bridgehead atoms. The third kappa shape index (κ3) is 3.69. The number of likely N-dealkylation sites (tertiary alicyclic amines) is 1. The van der Waals surface area contributed by atoms with Crippen molar-refractivity contribution in [3.8, 4) is 11.5 Å². The van der Waals surface area contributed by atoms with E-state index in [-0.39, 0.29) is 12.0 Å². The predicted molar refractivity (Wildman–Crippen MR) is 105 cm³/mol. The van der Waals surface area contributed by atoms with Crippen LogP contribution in [0.1, 0.15) is 29.0 Å². The Bertz CT molecular complexity index is 856. The third-order valence-corrected chi connectivity index (χ3v) is 5.83. The van der Waals surface area contributed by atoms with Gasteiger partial charge in [0.05, 0.1) is 13.2 Å². The molecule has 6 nitrogen and oxygen atoms in total. The predicted octanol–water partition coefficient (Wildman–Crippen LogP) is 2.69. The number of para-hydroxylation sites is 2. The van der Waals surface area contributed by atoms with Crippen molar-refractivity contribution >= 4 is 5.91 Å². The van der Waals surface area contributed by atoms with E-state index in [1.54, 1.807) is 13.2 Å². The van der Waals surface area contributed by atoms with Gasteiger partial charge < -0.3 is 19.5 Å². The van der Waals surface area contributed by atoms with Crippen LogP contribution in [0.5, 0.6) is 11.5 Å². The number of benzene rings is 1. The van der Waals surface area contributed by atoms with Crippen molar-refractivity contribution < 1.29 is 19.4 Å². The number of hydrogen-bond donors (Lipinski definition) is 1. The fraction of sp³-hybridized carbons (Fsp3) is 0.455. The second-order valence-electron chi connectivity index (χ2n) is 7.74. The minimum atomic E-state index is -0.557. The van der Waals surface area contributed by atoms with Gasteiger partial charge in [-0.15, -0.1) is 0 Å². The molecule has 6 heteroatoms. The number of methoxy groups -OCH3 is 1. The quantitative estimate of drug-likeness (QED) is 0.880. The lowest BCUT2D eigenvalue weighted by Gasteiger charge is -2.35. The van der Waals surface area contributed by atoms with Gasteiger partial charge in [0, 0.05) is 18.8 Å². The van der Waals surface area contributed by atoms with Crippen LogP contribution in [0.3, 0.4) is 0 Å². The first-order valence-corrected chi connectivity index (χ1v) is 9.76. The Kier molecular flexibility index (Phi) is 5.22. The van der Waals surface area contributed by atoms with Gasteiger partial charge in [-0.25, -0.2) is 4.98 Å². The van der Waals surface area contributed by atoms with E-state index in [1.165, 1.54) is 0 Å². The Morgan fingerprint density at radius 2 is 1.79 bits per heavy atom. The lowest BCUT2D eigenvalue weighted by molar-refractivity contribution is -0.0240. The van der Waals surface area contributed by atoms with E-state index in [0.29, 0.717) is 48.5 Å². The summed E-state index contributed by atoms with van der Waals surface area (Å²) < 4.78 is 11.5. The van der Waals surface area contributed by atoms with Gasteiger partial charge in [0.15, 0.2) is 11.5 Å². The van der Waals surface area contributed by atoms with Crippen molar-refractivity contribution in [3.63, 3.8) is 0 Å².